The number of benzene rings is 2. The van der Waals surface area contributed by atoms with Crippen LogP contribution in [0.1, 0.15) is 83.9 Å². The molecule has 0 bridgehead atoms. The molecule has 0 atom stereocenters. The van der Waals surface area contributed by atoms with E-state index in [9.17, 15) is 9.90 Å². The minimum atomic E-state index is -0.191. The number of hydrogen-bond acceptors (Lipinski definition) is 5. The van der Waals surface area contributed by atoms with Crippen LogP contribution in [0.5, 0.6) is 17.2 Å². The highest BCUT2D eigenvalue weighted by Crippen LogP contribution is 2.38. The molecular formula is C28H39BrN2O4. The van der Waals surface area contributed by atoms with Gasteiger partial charge in [-0.2, -0.15) is 5.10 Å². The van der Waals surface area contributed by atoms with Crippen LogP contribution in [0.2, 0.25) is 0 Å². The molecule has 0 heterocycles. The number of amides is 1. The number of aromatic hydroxyl groups is 1. The van der Waals surface area contributed by atoms with Crippen LogP contribution in [0.15, 0.2) is 39.9 Å². The van der Waals surface area contributed by atoms with Crippen molar-refractivity contribution in [3.63, 3.8) is 0 Å². The lowest BCUT2D eigenvalue weighted by molar-refractivity contribution is -0.121. The molecule has 2 rings (SSSR count). The van der Waals surface area contributed by atoms with Gasteiger partial charge in [-0.1, -0.05) is 53.7 Å². The molecular weight excluding hydrogens is 508 g/mol. The molecule has 0 aliphatic rings. The Labute approximate surface area is 218 Å². The molecule has 2 N–H and O–H groups in total. The van der Waals surface area contributed by atoms with Gasteiger partial charge in [0, 0.05) is 12.0 Å². The van der Waals surface area contributed by atoms with Gasteiger partial charge < -0.3 is 14.6 Å². The number of rotatable bonds is 12. The highest BCUT2D eigenvalue weighted by atomic mass is 79.9. The van der Waals surface area contributed by atoms with Crippen LogP contribution in [-0.2, 0) is 15.6 Å². The second kappa shape index (κ2) is 12.4. The number of methoxy groups -OCH3 is 1. The summed E-state index contributed by atoms with van der Waals surface area (Å²) in [4.78, 5) is 12.2. The number of phenolic OH excluding ortho intramolecular Hbond substituents is 1. The number of carbonyl (C=O) groups excluding carboxylic acids is 1. The van der Waals surface area contributed by atoms with Crippen molar-refractivity contribution in [3.05, 3.63) is 51.5 Å². The molecule has 0 spiro atoms. The summed E-state index contributed by atoms with van der Waals surface area (Å²) in [6, 6.07) is 9.84. The first-order valence-corrected chi connectivity index (χ1v) is 12.9. The first kappa shape index (κ1) is 28.7. The van der Waals surface area contributed by atoms with Crippen molar-refractivity contribution in [2.75, 3.05) is 13.7 Å². The second-order valence-electron chi connectivity index (χ2n) is 9.98. The summed E-state index contributed by atoms with van der Waals surface area (Å²) in [5, 5.41) is 13.9. The Balaban J connectivity index is 1.95. The van der Waals surface area contributed by atoms with E-state index in [0.717, 1.165) is 18.6 Å². The maximum Gasteiger partial charge on any atom is 0.240 e. The summed E-state index contributed by atoms with van der Waals surface area (Å²) in [5.74, 6) is 1.03. The van der Waals surface area contributed by atoms with Crippen molar-refractivity contribution in [1.82, 2.24) is 5.43 Å². The Hall–Kier alpha value is -2.54. The molecule has 0 saturated heterocycles. The van der Waals surface area contributed by atoms with Gasteiger partial charge in [0.05, 0.1) is 24.4 Å². The predicted octanol–water partition coefficient (Wildman–Crippen LogP) is 6.85. The molecule has 7 heteroatoms. The van der Waals surface area contributed by atoms with Crippen molar-refractivity contribution >= 4 is 28.1 Å². The third-order valence-corrected chi connectivity index (χ3v) is 7.34. The lowest BCUT2D eigenvalue weighted by Gasteiger charge is -2.30. The topological polar surface area (TPSA) is 80.2 Å². The van der Waals surface area contributed by atoms with Gasteiger partial charge >= 0.3 is 0 Å². The Morgan fingerprint density at radius 1 is 1.09 bits per heavy atom. The number of nitrogens with one attached hydrogen (secondary N) is 1. The number of hydrazone groups is 1. The molecule has 35 heavy (non-hydrogen) atoms. The largest absolute Gasteiger partial charge is 0.503 e. The highest BCUT2D eigenvalue weighted by molar-refractivity contribution is 9.10. The van der Waals surface area contributed by atoms with Crippen LogP contribution in [0.3, 0.4) is 0 Å². The van der Waals surface area contributed by atoms with Crippen LogP contribution in [0.4, 0.5) is 0 Å². The Kier molecular flexibility index (Phi) is 10.2. The minimum Gasteiger partial charge on any atom is -0.503 e. The van der Waals surface area contributed by atoms with Crippen molar-refractivity contribution in [3.8, 4) is 17.2 Å². The van der Waals surface area contributed by atoms with Gasteiger partial charge in [0.15, 0.2) is 11.5 Å². The van der Waals surface area contributed by atoms with Crippen LogP contribution in [0.25, 0.3) is 0 Å². The number of halogens is 1. The van der Waals surface area contributed by atoms with Gasteiger partial charge in [-0.3, -0.25) is 4.79 Å². The van der Waals surface area contributed by atoms with Crippen LogP contribution < -0.4 is 14.9 Å². The third-order valence-electron chi connectivity index (χ3n) is 6.74. The summed E-state index contributed by atoms with van der Waals surface area (Å²) in [6.45, 7) is 13.9. The monoisotopic (exact) mass is 546 g/mol. The summed E-state index contributed by atoms with van der Waals surface area (Å²) >= 11 is 3.27. The zero-order valence-corrected chi connectivity index (χ0v) is 23.6. The SMILES string of the molecule is CCC(C)(C)c1ccc(OCCCC(=O)N/N=C/c2cc(Br)c(O)c(OC)c2)c(C(C)(C)CC)c1. The van der Waals surface area contributed by atoms with Crippen molar-refractivity contribution < 1.29 is 19.4 Å². The number of ether oxygens (including phenoxy) is 2. The first-order chi connectivity index (χ1) is 16.4. The zero-order valence-electron chi connectivity index (χ0n) is 22.0. The summed E-state index contributed by atoms with van der Waals surface area (Å²) in [6.07, 6.45) is 4.44. The van der Waals surface area contributed by atoms with Crippen molar-refractivity contribution in [2.45, 2.75) is 78.1 Å². The van der Waals surface area contributed by atoms with E-state index in [0.29, 0.717) is 35.2 Å². The van der Waals surface area contributed by atoms with E-state index in [4.69, 9.17) is 9.47 Å². The maximum atomic E-state index is 12.2. The van der Waals surface area contributed by atoms with Crippen LogP contribution in [-0.4, -0.2) is 30.9 Å². The molecule has 0 unspecified atom stereocenters. The lowest BCUT2D eigenvalue weighted by atomic mass is 9.76. The normalized spacial score (nSPS) is 12.1. The highest BCUT2D eigenvalue weighted by Gasteiger charge is 2.26. The molecule has 6 nitrogen and oxygen atoms in total. The average Bonchev–Trinajstić information content (AvgIpc) is 2.83. The lowest BCUT2D eigenvalue weighted by Crippen LogP contribution is -2.21. The minimum absolute atomic E-state index is 0.00679. The molecule has 0 aromatic heterocycles. The van der Waals surface area contributed by atoms with Gasteiger partial charge in [0.25, 0.3) is 0 Å². The predicted molar refractivity (Wildman–Crippen MR) is 146 cm³/mol. The molecule has 0 fully saturated rings. The van der Waals surface area contributed by atoms with Crippen LogP contribution in [0, 0.1) is 0 Å². The second-order valence-corrected chi connectivity index (χ2v) is 10.8. The van der Waals surface area contributed by atoms with Crippen LogP contribution >= 0.6 is 15.9 Å². The first-order valence-electron chi connectivity index (χ1n) is 12.1. The average molecular weight is 548 g/mol. The van der Waals surface area contributed by atoms with Crippen molar-refractivity contribution in [1.29, 1.82) is 0 Å². The van der Waals surface area contributed by atoms with Crippen molar-refractivity contribution in [2.24, 2.45) is 5.10 Å². The van der Waals surface area contributed by atoms with E-state index < -0.39 is 0 Å². The number of hydrogen-bond donors (Lipinski definition) is 2. The molecule has 0 radical (unpaired) electrons. The van der Waals surface area contributed by atoms with Gasteiger partial charge in [-0.05, 0) is 75.3 Å². The van der Waals surface area contributed by atoms with Gasteiger partial charge in [0.1, 0.15) is 5.75 Å². The molecule has 0 aliphatic carbocycles. The summed E-state index contributed by atoms with van der Waals surface area (Å²) < 4.78 is 11.7. The van der Waals surface area contributed by atoms with E-state index in [1.807, 2.05) is 0 Å². The fourth-order valence-corrected chi connectivity index (χ4v) is 3.93. The molecule has 192 valence electrons. The molecule has 2 aromatic carbocycles. The Morgan fingerprint density at radius 2 is 1.77 bits per heavy atom. The summed E-state index contributed by atoms with van der Waals surface area (Å²) in [7, 11) is 1.47. The van der Waals surface area contributed by atoms with E-state index >= 15 is 0 Å². The van der Waals surface area contributed by atoms with Gasteiger partial charge in [-0.15, -0.1) is 0 Å². The Morgan fingerprint density at radius 3 is 2.40 bits per heavy atom. The molecule has 0 saturated carbocycles. The maximum absolute atomic E-state index is 12.2. The quantitative estimate of drug-likeness (QED) is 0.173. The number of carbonyl (C=O) groups is 1. The fourth-order valence-electron chi connectivity index (χ4n) is 3.47. The van der Waals surface area contributed by atoms with E-state index in [1.165, 1.54) is 24.5 Å². The van der Waals surface area contributed by atoms with E-state index in [2.05, 4.69) is 86.2 Å². The van der Waals surface area contributed by atoms with E-state index in [1.54, 1.807) is 12.1 Å². The number of phenols is 1. The standard InChI is InChI=1S/C28H39BrN2O4/c1-8-27(3,4)20-12-13-23(21(17-20)28(5,6)9-2)35-14-10-11-25(32)31-30-18-19-15-22(29)26(33)24(16-19)34-7/h12-13,15-18,33H,8-11,14H2,1-7H3,(H,31,32)/b30-18+. The third kappa shape index (κ3) is 7.72. The van der Waals surface area contributed by atoms with Gasteiger partial charge in [-0.25, -0.2) is 5.43 Å². The smallest absolute Gasteiger partial charge is 0.240 e. The molecule has 0 aliphatic heterocycles. The van der Waals surface area contributed by atoms with E-state index in [-0.39, 0.29) is 22.5 Å². The Bertz CT molecular complexity index is 1050. The van der Waals surface area contributed by atoms with Gasteiger partial charge in [0.2, 0.25) is 5.91 Å². The zero-order chi connectivity index (χ0) is 26.2. The molecule has 2 aromatic rings. The summed E-state index contributed by atoms with van der Waals surface area (Å²) in [5.41, 5.74) is 5.84. The number of nitrogens with zero attached hydrogens (tertiary/aromatic N) is 1. The molecule has 1 amide bonds. The fraction of sp³-hybridized carbons (Fsp3) is 0.500.